The molecule has 1 aromatic carbocycles. The van der Waals surface area contributed by atoms with Gasteiger partial charge in [-0.3, -0.25) is 9.59 Å². The minimum Gasteiger partial charge on any atom is -0.496 e. The fraction of sp³-hybridized carbons (Fsp3) is 0.467. The Balaban J connectivity index is 2.98. The van der Waals surface area contributed by atoms with Crippen LogP contribution in [0.15, 0.2) is 18.2 Å². The highest BCUT2D eigenvalue weighted by Crippen LogP contribution is 2.24. The molecule has 0 aliphatic heterocycles. The maximum absolute atomic E-state index is 12.1. The second kappa shape index (κ2) is 5.34. The molecule has 0 unspecified atom stereocenters. The van der Waals surface area contributed by atoms with Gasteiger partial charge in [-0.15, -0.1) is 0 Å². The molecule has 0 fully saturated rings. The smallest absolute Gasteiger partial charge is 0.173 e. The molecular weight excluding hydrogens is 228 g/mol. The SMILES string of the molecule is COc1ccc(C)cc1C(=O)CC(=O)C(C)(C)C. The summed E-state index contributed by atoms with van der Waals surface area (Å²) in [5.41, 5.74) is 0.963. The largest absolute Gasteiger partial charge is 0.496 e. The molecule has 0 atom stereocenters. The van der Waals surface area contributed by atoms with Crippen LogP contribution in [0.2, 0.25) is 0 Å². The van der Waals surface area contributed by atoms with Gasteiger partial charge < -0.3 is 4.74 Å². The monoisotopic (exact) mass is 248 g/mol. The van der Waals surface area contributed by atoms with Crippen LogP contribution in [-0.4, -0.2) is 18.7 Å². The van der Waals surface area contributed by atoms with E-state index in [0.717, 1.165) is 5.56 Å². The molecule has 0 aliphatic rings. The van der Waals surface area contributed by atoms with Crippen LogP contribution in [0.5, 0.6) is 5.75 Å². The highest BCUT2D eigenvalue weighted by molar-refractivity contribution is 6.10. The van der Waals surface area contributed by atoms with Crippen molar-refractivity contribution in [2.45, 2.75) is 34.1 Å². The van der Waals surface area contributed by atoms with E-state index in [1.54, 1.807) is 12.1 Å². The van der Waals surface area contributed by atoms with Gasteiger partial charge in [0.05, 0.1) is 19.1 Å². The van der Waals surface area contributed by atoms with Crippen LogP contribution in [0.1, 0.15) is 43.1 Å². The van der Waals surface area contributed by atoms with Gasteiger partial charge in [-0.1, -0.05) is 32.4 Å². The third-order valence-electron chi connectivity index (χ3n) is 2.81. The Labute approximate surface area is 108 Å². The van der Waals surface area contributed by atoms with Gasteiger partial charge in [0.25, 0.3) is 0 Å². The third kappa shape index (κ3) is 3.42. The fourth-order valence-electron chi connectivity index (χ4n) is 1.55. The van der Waals surface area contributed by atoms with Gasteiger partial charge in [0.2, 0.25) is 0 Å². The van der Waals surface area contributed by atoms with Crippen molar-refractivity contribution in [1.29, 1.82) is 0 Å². The van der Waals surface area contributed by atoms with E-state index in [-0.39, 0.29) is 18.0 Å². The van der Waals surface area contributed by atoms with Crippen molar-refractivity contribution in [2.24, 2.45) is 5.41 Å². The minimum absolute atomic E-state index is 0.0592. The predicted molar refractivity (Wildman–Crippen MR) is 71.1 cm³/mol. The molecule has 3 nitrogen and oxygen atoms in total. The molecule has 0 amide bonds. The van der Waals surface area contributed by atoms with E-state index in [2.05, 4.69) is 0 Å². The van der Waals surface area contributed by atoms with Gasteiger partial charge in [0.15, 0.2) is 5.78 Å². The first-order valence-electron chi connectivity index (χ1n) is 5.97. The van der Waals surface area contributed by atoms with Crippen molar-refractivity contribution in [3.05, 3.63) is 29.3 Å². The van der Waals surface area contributed by atoms with Gasteiger partial charge >= 0.3 is 0 Å². The first-order chi connectivity index (χ1) is 8.25. The lowest BCUT2D eigenvalue weighted by Gasteiger charge is -2.16. The number of hydrogen-bond acceptors (Lipinski definition) is 3. The van der Waals surface area contributed by atoms with E-state index in [0.29, 0.717) is 11.3 Å². The van der Waals surface area contributed by atoms with Gasteiger partial charge in [-0.2, -0.15) is 0 Å². The van der Waals surface area contributed by atoms with Crippen molar-refractivity contribution in [3.63, 3.8) is 0 Å². The van der Waals surface area contributed by atoms with Crippen molar-refractivity contribution >= 4 is 11.6 Å². The van der Waals surface area contributed by atoms with Crippen LogP contribution in [0.3, 0.4) is 0 Å². The van der Waals surface area contributed by atoms with Gasteiger partial charge in [0.1, 0.15) is 11.5 Å². The first kappa shape index (κ1) is 14.4. The summed E-state index contributed by atoms with van der Waals surface area (Å²) in [6.45, 7) is 7.35. The van der Waals surface area contributed by atoms with Crippen molar-refractivity contribution in [2.75, 3.05) is 7.11 Å². The second-order valence-corrected chi connectivity index (χ2v) is 5.48. The summed E-state index contributed by atoms with van der Waals surface area (Å²) in [7, 11) is 1.52. The standard InChI is InChI=1S/C15H20O3/c1-10-6-7-13(18-5)11(8-10)12(16)9-14(17)15(2,3)4/h6-8H,9H2,1-5H3. The van der Waals surface area contributed by atoms with Crippen LogP contribution in [0, 0.1) is 12.3 Å². The summed E-state index contributed by atoms with van der Waals surface area (Å²) in [5, 5.41) is 0. The average molecular weight is 248 g/mol. The summed E-state index contributed by atoms with van der Waals surface area (Å²) in [4.78, 5) is 24.0. The van der Waals surface area contributed by atoms with Crippen LogP contribution in [0.4, 0.5) is 0 Å². The second-order valence-electron chi connectivity index (χ2n) is 5.48. The Morgan fingerprint density at radius 3 is 2.33 bits per heavy atom. The molecule has 0 radical (unpaired) electrons. The normalized spacial score (nSPS) is 11.2. The van der Waals surface area contributed by atoms with Gasteiger partial charge in [-0.05, 0) is 19.1 Å². The molecule has 18 heavy (non-hydrogen) atoms. The van der Waals surface area contributed by atoms with E-state index >= 15 is 0 Å². The molecule has 3 heteroatoms. The van der Waals surface area contributed by atoms with E-state index in [9.17, 15) is 9.59 Å². The zero-order valence-corrected chi connectivity index (χ0v) is 11.7. The molecule has 1 rings (SSSR count). The quantitative estimate of drug-likeness (QED) is 0.607. The number of hydrogen-bond donors (Lipinski definition) is 0. The molecule has 0 aliphatic carbocycles. The number of aryl methyl sites for hydroxylation is 1. The highest BCUT2D eigenvalue weighted by atomic mass is 16.5. The number of methoxy groups -OCH3 is 1. The summed E-state index contributed by atoms with van der Waals surface area (Å²) in [5.74, 6) is 0.277. The fourth-order valence-corrected chi connectivity index (χ4v) is 1.55. The lowest BCUT2D eigenvalue weighted by molar-refractivity contribution is -0.125. The van der Waals surface area contributed by atoms with Gasteiger partial charge in [0, 0.05) is 5.41 Å². The molecule has 0 N–H and O–H groups in total. The molecule has 0 bridgehead atoms. The molecule has 0 saturated carbocycles. The lowest BCUT2D eigenvalue weighted by Crippen LogP contribution is -2.23. The summed E-state index contributed by atoms with van der Waals surface area (Å²) >= 11 is 0. The summed E-state index contributed by atoms with van der Waals surface area (Å²) < 4.78 is 5.16. The zero-order valence-electron chi connectivity index (χ0n) is 11.7. The number of Topliss-reactive ketones (excluding diaryl/α,β-unsaturated/α-hetero) is 2. The summed E-state index contributed by atoms with van der Waals surface area (Å²) in [6, 6.07) is 5.39. The Hall–Kier alpha value is -1.64. The van der Waals surface area contributed by atoms with E-state index in [4.69, 9.17) is 4.74 Å². The maximum atomic E-state index is 12.1. The average Bonchev–Trinajstić information content (AvgIpc) is 2.27. The Morgan fingerprint density at radius 1 is 1.22 bits per heavy atom. The summed E-state index contributed by atoms with van der Waals surface area (Å²) in [6.07, 6.45) is -0.0800. The topological polar surface area (TPSA) is 43.4 Å². The third-order valence-corrected chi connectivity index (χ3v) is 2.81. The number of ether oxygens (including phenoxy) is 1. The lowest BCUT2D eigenvalue weighted by atomic mass is 9.87. The Kier molecular flexibility index (Phi) is 4.28. The number of rotatable bonds is 4. The highest BCUT2D eigenvalue weighted by Gasteiger charge is 2.25. The van der Waals surface area contributed by atoms with Crippen LogP contribution >= 0.6 is 0 Å². The van der Waals surface area contributed by atoms with Crippen molar-refractivity contribution in [3.8, 4) is 5.75 Å². The Bertz CT molecular complexity index is 467. The van der Waals surface area contributed by atoms with Crippen LogP contribution in [-0.2, 0) is 4.79 Å². The molecule has 1 aromatic rings. The van der Waals surface area contributed by atoms with E-state index < -0.39 is 5.41 Å². The van der Waals surface area contributed by atoms with Crippen molar-refractivity contribution < 1.29 is 14.3 Å². The van der Waals surface area contributed by atoms with Crippen LogP contribution in [0.25, 0.3) is 0 Å². The molecule has 0 heterocycles. The molecule has 98 valence electrons. The van der Waals surface area contributed by atoms with Crippen LogP contribution < -0.4 is 4.74 Å². The molecule has 0 saturated heterocycles. The number of carbonyl (C=O) groups excluding carboxylic acids is 2. The predicted octanol–water partition coefficient (Wildman–Crippen LogP) is 3.19. The molecule has 0 aromatic heterocycles. The van der Waals surface area contributed by atoms with Gasteiger partial charge in [-0.25, -0.2) is 0 Å². The zero-order chi connectivity index (χ0) is 13.9. The van der Waals surface area contributed by atoms with E-state index in [1.165, 1.54) is 7.11 Å². The molecular formula is C15H20O3. The number of benzene rings is 1. The first-order valence-corrected chi connectivity index (χ1v) is 5.97. The maximum Gasteiger partial charge on any atom is 0.173 e. The number of carbonyl (C=O) groups is 2. The Morgan fingerprint density at radius 2 is 1.83 bits per heavy atom. The number of ketones is 2. The van der Waals surface area contributed by atoms with Crippen molar-refractivity contribution in [1.82, 2.24) is 0 Å². The van der Waals surface area contributed by atoms with E-state index in [1.807, 2.05) is 33.8 Å². The minimum atomic E-state index is -0.493. The molecule has 0 spiro atoms.